The zero-order valence-corrected chi connectivity index (χ0v) is 9.54. The minimum atomic E-state index is -4.79. The molecular formula is C5H17NO5P2. The summed E-state index contributed by atoms with van der Waals surface area (Å²) >= 11 is 0. The van der Waals surface area contributed by atoms with Gasteiger partial charge in [-0.25, -0.2) is 4.57 Å². The molecule has 13 heavy (non-hydrogen) atoms. The van der Waals surface area contributed by atoms with Crippen LogP contribution in [-0.4, -0.2) is 27.9 Å². The lowest BCUT2D eigenvalue weighted by Crippen LogP contribution is -1.89. The van der Waals surface area contributed by atoms with Crippen LogP contribution in [-0.2, 0) is 9.13 Å². The zero-order chi connectivity index (χ0) is 11.1. The second kappa shape index (κ2) is 6.71. The van der Waals surface area contributed by atoms with Gasteiger partial charge in [-0.15, -0.1) is 0 Å². The van der Waals surface area contributed by atoms with E-state index in [-0.39, 0.29) is 6.16 Å². The van der Waals surface area contributed by atoms with Gasteiger partial charge in [0.2, 0.25) is 0 Å². The fourth-order valence-corrected chi connectivity index (χ4v) is 2.69. The molecule has 0 amide bonds. The van der Waals surface area contributed by atoms with E-state index in [1.54, 1.807) is 6.92 Å². The van der Waals surface area contributed by atoms with Crippen LogP contribution in [0.1, 0.15) is 19.8 Å². The second-order valence-corrected chi connectivity index (χ2v) is 8.50. The predicted molar refractivity (Wildman–Crippen MR) is 51.8 cm³/mol. The van der Waals surface area contributed by atoms with Crippen LogP contribution in [0.25, 0.3) is 0 Å². The molecule has 0 aliphatic carbocycles. The van der Waals surface area contributed by atoms with Gasteiger partial charge in [-0.1, -0.05) is 13.3 Å². The lowest BCUT2D eigenvalue weighted by Gasteiger charge is -2.11. The van der Waals surface area contributed by atoms with E-state index in [4.69, 9.17) is 14.7 Å². The Hall–Kier alpha value is 0.300. The Balaban J connectivity index is 0. The van der Waals surface area contributed by atoms with Gasteiger partial charge in [0.1, 0.15) is 0 Å². The first kappa shape index (κ1) is 15.8. The van der Waals surface area contributed by atoms with E-state index in [9.17, 15) is 9.13 Å². The van der Waals surface area contributed by atoms with Crippen molar-refractivity contribution in [2.45, 2.75) is 19.8 Å². The average Bonchev–Trinajstić information content (AvgIpc) is 2.03. The van der Waals surface area contributed by atoms with Gasteiger partial charge < -0.3 is 20.4 Å². The molecule has 0 aromatic rings. The molecule has 0 saturated carbocycles. The summed E-state index contributed by atoms with van der Waals surface area (Å²) in [5, 5.41) is 0. The molecule has 0 aliphatic rings. The van der Waals surface area contributed by atoms with Gasteiger partial charge in [0.15, 0.2) is 0 Å². The molecule has 82 valence electrons. The highest BCUT2D eigenvalue weighted by Crippen LogP contribution is 2.74. The quantitative estimate of drug-likeness (QED) is 0.531. The van der Waals surface area contributed by atoms with Gasteiger partial charge in [0.25, 0.3) is 0 Å². The molecule has 5 N–H and O–H groups in total. The lowest BCUT2D eigenvalue weighted by molar-refractivity contribution is 0.376. The largest absolute Gasteiger partial charge is 0.407 e. The van der Waals surface area contributed by atoms with Crippen LogP contribution in [0, 0.1) is 0 Å². The molecule has 0 fully saturated rings. The van der Waals surface area contributed by atoms with Crippen molar-refractivity contribution in [3.8, 4) is 0 Å². The molecular weight excluding hydrogens is 216 g/mol. The molecule has 1 atom stereocenters. The van der Waals surface area contributed by atoms with Crippen molar-refractivity contribution in [3.63, 3.8) is 0 Å². The number of hydrogen-bond donors (Lipinski definition) is 4. The van der Waals surface area contributed by atoms with Crippen LogP contribution < -0.4 is 5.73 Å². The Labute approximate surface area is 77.7 Å². The molecule has 0 radical (unpaired) electrons. The predicted octanol–water partition coefficient (Wildman–Crippen LogP) is 0.724. The van der Waals surface area contributed by atoms with Crippen molar-refractivity contribution in [1.82, 2.24) is 0 Å². The SMILES string of the molecule is CCCCP(=O)(O)P(=O)(O)O.CN. The molecule has 0 rings (SSSR count). The summed E-state index contributed by atoms with van der Waals surface area (Å²) in [6, 6.07) is 0. The maximum absolute atomic E-state index is 10.8. The molecule has 0 bridgehead atoms. The smallest absolute Gasteiger partial charge is 0.336 e. The van der Waals surface area contributed by atoms with Gasteiger partial charge in [0.05, 0.1) is 0 Å². The van der Waals surface area contributed by atoms with Crippen molar-refractivity contribution in [2.24, 2.45) is 5.73 Å². The van der Waals surface area contributed by atoms with E-state index < -0.39 is 14.3 Å². The third-order valence-electron chi connectivity index (χ3n) is 1.21. The van der Waals surface area contributed by atoms with E-state index >= 15 is 0 Å². The summed E-state index contributed by atoms with van der Waals surface area (Å²) in [5.41, 5.74) is 4.50. The Morgan fingerprint density at radius 2 is 1.54 bits per heavy atom. The second-order valence-electron chi connectivity index (χ2n) is 2.26. The molecule has 8 heteroatoms. The van der Waals surface area contributed by atoms with Crippen LogP contribution in [0.5, 0.6) is 0 Å². The van der Waals surface area contributed by atoms with Gasteiger partial charge in [0, 0.05) is 6.16 Å². The van der Waals surface area contributed by atoms with Gasteiger partial charge in [-0.3, -0.25) is 4.57 Å². The van der Waals surface area contributed by atoms with Crippen molar-refractivity contribution in [1.29, 1.82) is 0 Å². The molecule has 0 aromatic carbocycles. The van der Waals surface area contributed by atoms with Gasteiger partial charge in [-0.2, -0.15) is 0 Å². The number of hydrogen-bond acceptors (Lipinski definition) is 3. The molecule has 6 nitrogen and oxygen atoms in total. The Morgan fingerprint density at radius 3 is 1.77 bits per heavy atom. The third kappa shape index (κ3) is 6.38. The summed E-state index contributed by atoms with van der Waals surface area (Å²) in [6.45, 7) is 1.78. The van der Waals surface area contributed by atoms with Crippen molar-refractivity contribution >= 4 is 14.3 Å². The summed E-state index contributed by atoms with van der Waals surface area (Å²) in [4.78, 5) is 25.5. The Morgan fingerprint density at radius 1 is 1.15 bits per heavy atom. The zero-order valence-electron chi connectivity index (χ0n) is 7.75. The monoisotopic (exact) mass is 233 g/mol. The molecule has 1 unspecified atom stereocenters. The summed E-state index contributed by atoms with van der Waals surface area (Å²) in [6.07, 6.45) is 0.706. The lowest BCUT2D eigenvalue weighted by atomic mass is 10.4. The normalized spacial score (nSPS) is 15.5. The van der Waals surface area contributed by atoms with E-state index in [1.807, 2.05) is 0 Å². The highest BCUT2D eigenvalue weighted by molar-refractivity contribution is 8.28. The van der Waals surface area contributed by atoms with E-state index in [1.165, 1.54) is 7.05 Å². The highest BCUT2D eigenvalue weighted by atomic mass is 32.1. The molecule has 0 spiro atoms. The maximum Gasteiger partial charge on any atom is 0.407 e. The van der Waals surface area contributed by atoms with Gasteiger partial charge >= 0.3 is 14.3 Å². The summed E-state index contributed by atoms with van der Waals surface area (Å²) in [5.74, 6) is 0. The Kier molecular flexibility index (Phi) is 8.13. The minimum absolute atomic E-state index is 0.298. The number of nitrogens with two attached hydrogens (primary N) is 1. The van der Waals surface area contributed by atoms with Crippen molar-refractivity contribution in [3.05, 3.63) is 0 Å². The van der Waals surface area contributed by atoms with Crippen LogP contribution in [0.15, 0.2) is 0 Å². The summed E-state index contributed by atoms with van der Waals surface area (Å²) in [7, 11) is -7.51. The molecule has 0 aliphatic heterocycles. The maximum atomic E-state index is 10.8. The van der Waals surface area contributed by atoms with E-state index in [2.05, 4.69) is 5.73 Å². The number of unbranched alkanes of at least 4 members (excludes halogenated alkanes) is 1. The van der Waals surface area contributed by atoms with Gasteiger partial charge in [-0.05, 0) is 13.5 Å². The molecule has 0 saturated heterocycles. The first-order valence-corrected chi connectivity index (χ1v) is 7.93. The van der Waals surface area contributed by atoms with Crippen LogP contribution >= 0.6 is 14.3 Å². The molecule has 0 heterocycles. The first-order chi connectivity index (χ1) is 5.81. The van der Waals surface area contributed by atoms with E-state index in [0.29, 0.717) is 12.8 Å². The first-order valence-electron chi connectivity index (χ1n) is 3.77. The highest BCUT2D eigenvalue weighted by Gasteiger charge is 2.38. The minimum Gasteiger partial charge on any atom is -0.336 e. The number of rotatable bonds is 4. The van der Waals surface area contributed by atoms with Crippen LogP contribution in [0.4, 0.5) is 0 Å². The van der Waals surface area contributed by atoms with Crippen LogP contribution in [0.3, 0.4) is 0 Å². The van der Waals surface area contributed by atoms with Crippen molar-refractivity contribution in [2.75, 3.05) is 13.2 Å². The third-order valence-corrected chi connectivity index (χ3v) is 5.97. The van der Waals surface area contributed by atoms with E-state index in [0.717, 1.165) is 0 Å². The fraction of sp³-hybridized carbons (Fsp3) is 1.00. The summed E-state index contributed by atoms with van der Waals surface area (Å²) < 4.78 is 21.1. The van der Waals surface area contributed by atoms with Crippen molar-refractivity contribution < 1.29 is 23.8 Å². The standard InChI is InChI=1S/C4H12O5P2.CH5N/c1-2-3-4-10(5,6)11(7,8)9;1-2/h2-4H2,1H3,(H,5,6)(H2,7,8,9);2H2,1H3. The van der Waals surface area contributed by atoms with Crippen LogP contribution in [0.2, 0.25) is 0 Å². The Bertz CT molecular complexity index is 213. The average molecular weight is 233 g/mol. The topological polar surface area (TPSA) is 121 Å². The fourth-order valence-electron chi connectivity index (χ4n) is 0.494. The molecule has 0 aromatic heterocycles.